The van der Waals surface area contributed by atoms with Crippen molar-refractivity contribution in [1.29, 1.82) is 0 Å². The van der Waals surface area contributed by atoms with E-state index in [4.69, 9.17) is 5.11 Å². The summed E-state index contributed by atoms with van der Waals surface area (Å²) in [6, 6.07) is 3.58. The molecule has 0 unspecified atom stereocenters. The van der Waals surface area contributed by atoms with Crippen molar-refractivity contribution in [2.45, 2.75) is 20.3 Å². The van der Waals surface area contributed by atoms with Gasteiger partial charge in [0.05, 0.1) is 5.69 Å². The van der Waals surface area contributed by atoms with Crippen molar-refractivity contribution < 1.29 is 9.90 Å². The molecule has 5 nitrogen and oxygen atoms in total. The molecule has 0 aliphatic carbocycles. The lowest BCUT2D eigenvalue weighted by Crippen LogP contribution is -2.00. The zero-order chi connectivity index (χ0) is 13.3. The second-order valence-electron chi connectivity index (χ2n) is 4.19. The molecule has 0 fully saturated rings. The van der Waals surface area contributed by atoms with Crippen molar-refractivity contribution >= 4 is 5.97 Å². The number of aromatic carboxylic acids is 1. The summed E-state index contributed by atoms with van der Waals surface area (Å²) in [6.45, 7) is 4.04. The SMILES string of the molecule is CCc1cc(C)c(-c2cc(C(=O)O)nn2C)cn1. The van der Waals surface area contributed by atoms with Crippen LogP contribution in [-0.4, -0.2) is 25.8 Å². The molecule has 0 aliphatic heterocycles. The lowest BCUT2D eigenvalue weighted by atomic mass is 10.1. The molecule has 0 spiro atoms. The van der Waals surface area contributed by atoms with Gasteiger partial charge in [0, 0.05) is 24.5 Å². The molecule has 0 radical (unpaired) electrons. The molecule has 2 rings (SSSR count). The predicted octanol–water partition coefficient (Wildman–Crippen LogP) is 2.05. The van der Waals surface area contributed by atoms with Gasteiger partial charge in [0.2, 0.25) is 0 Å². The Labute approximate surface area is 105 Å². The van der Waals surface area contributed by atoms with Crippen LogP contribution < -0.4 is 0 Å². The maximum absolute atomic E-state index is 10.9. The Kier molecular flexibility index (Phi) is 3.14. The Bertz CT molecular complexity index is 602. The van der Waals surface area contributed by atoms with Crippen LogP contribution in [0.2, 0.25) is 0 Å². The van der Waals surface area contributed by atoms with Gasteiger partial charge in [-0.2, -0.15) is 5.10 Å². The van der Waals surface area contributed by atoms with E-state index >= 15 is 0 Å². The summed E-state index contributed by atoms with van der Waals surface area (Å²) in [7, 11) is 1.73. The van der Waals surface area contributed by atoms with E-state index in [0.29, 0.717) is 0 Å². The summed E-state index contributed by atoms with van der Waals surface area (Å²) in [4.78, 5) is 15.2. The summed E-state index contributed by atoms with van der Waals surface area (Å²) >= 11 is 0. The van der Waals surface area contributed by atoms with E-state index in [0.717, 1.165) is 28.9 Å². The third kappa shape index (κ3) is 2.11. The molecule has 0 atom stereocenters. The first-order valence-corrected chi connectivity index (χ1v) is 5.76. The highest BCUT2D eigenvalue weighted by Crippen LogP contribution is 2.23. The van der Waals surface area contributed by atoms with Gasteiger partial charge in [-0.1, -0.05) is 6.92 Å². The van der Waals surface area contributed by atoms with Crippen LogP contribution in [0, 0.1) is 6.92 Å². The maximum Gasteiger partial charge on any atom is 0.356 e. The van der Waals surface area contributed by atoms with Crippen molar-refractivity contribution in [3.63, 3.8) is 0 Å². The molecular weight excluding hydrogens is 230 g/mol. The average molecular weight is 245 g/mol. The summed E-state index contributed by atoms with van der Waals surface area (Å²) in [5.74, 6) is -1.02. The molecule has 1 N–H and O–H groups in total. The third-order valence-electron chi connectivity index (χ3n) is 2.90. The van der Waals surface area contributed by atoms with E-state index in [1.165, 1.54) is 0 Å². The number of rotatable bonds is 3. The van der Waals surface area contributed by atoms with Crippen LogP contribution in [0.4, 0.5) is 0 Å². The Hall–Kier alpha value is -2.17. The average Bonchev–Trinajstić information content (AvgIpc) is 2.71. The molecule has 2 aromatic rings. The minimum Gasteiger partial charge on any atom is -0.476 e. The highest BCUT2D eigenvalue weighted by Gasteiger charge is 2.14. The number of carbonyl (C=O) groups is 1. The summed E-state index contributed by atoms with van der Waals surface area (Å²) in [5.41, 5.74) is 3.82. The third-order valence-corrected chi connectivity index (χ3v) is 2.90. The molecule has 5 heteroatoms. The monoisotopic (exact) mass is 245 g/mol. The smallest absolute Gasteiger partial charge is 0.356 e. The van der Waals surface area contributed by atoms with E-state index in [1.54, 1.807) is 24.0 Å². The van der Waals surface area contributed by atoms with E-state index in [2.05, 4.69) is 10.1 Å². The van der Waals surface area contributed by atoms with Crippen LogP contribution in [0.5, 0.6) is 0 Å². The van der Waals surface area contributed by atoms with Crippen LogP contribution >= 0.6 is 0 Å². The number of aryl methyl sites for hydroxylation is 3. The Balaban J connectivity index is 2.51. The number of hydrogen-bond donors (Lipinski definition) is 1. The number of carboxylic acids is 1. The highest BCUT2D eigenvalue weighted by atomic mass is 16.4. The Morgan fingerprint density at radius 2 is 2.17 bits per heavy atom. The van der Waals surface area contributed by atoms with Crippen molar-refractivity contribution in [2.24, 2.45) is 7.05 Å². The van der Waals surface area contributed by atoms with Gasteiger partial charge >= 0.3 is 5.97 Å². The standard InChI is InChI=1S/C13H15N3O2/c1-4-9-5-8(2)10(7-14-9)12-6-11(13(17)18)15-16(12)3/h5-7H,4H2,1-3H3,(H,17,18). The van der Waals surface area contributed by atoms with Crippen LogP contribution in [0.25, 0.3) is 11.3 Å². The first-order valence-electron chi connectivity index (χ1n) is 5.76. The molecular formula is C13H15N3O2. The van der Waals surface area contributed by atoms with Gasteiger partial charge < -0.3 is 5.11 Å². The van der Waals surface area contributed by atoms with Gasteiger partial charge in [-0.05, 0) is 31.0 Å². The molecule has 0 saturated carbocycles. The van der Waals surface area contributed by atoms with Gasteiger partial charge in [0.15, 0.2) is 5.69 Å². The first kappa shape index (κ1) is 12.3. The van der Waals surface area contributed by atoms with Gasteiger partial charge in [0.1, 0.15) is 0 Å². The van der Waals surface area contributed by atoms with Crippen molar-refractivity contribution in [2.75, 3.05) is 0 Å². The topological polar surface area (TPSA) is 68.0 Å². The van der Waals surface area contributed by atoms with Crippen molar-refractivity contribution in [3.8, 4) is 11.3 Å². The van der Waals surface area contributed by atoms with Crippen LogP contribution in [-0.2, 0) is 13.5 Å². The zero-order valence-electron chi connectivity index (χ0n) is 10.6. The highest BCUT2D eigenvalue weighted by molar-refractivity contribution is 5.87. The molecule has 0 aliphatic rings. The van der Waals surface area contributed by atoms with Gasteiger partial charge in [-0.3, -0.25) is 9.67 Å². The lowest BCUT2D eigenvalue weighted by Gasteiger charge is -2.06. The second kappa shape index (κ2) is 4.60. The molecule has 0 bridgehead atoms. The minimum atomic E-state index is -1.02. The largest absolute Gasteiger partial charge is 0.476 e. The fourth-order valence-corrected chi connectivity index (χ4v) is 1.90. The number of pyridine rings is 1. The van der Waals surface area contributed by atoms with Crippen molar-refractivity contribution in [1.82, 2.24) is 14.8 Å². The van der Waals surface area contributed by atoms with Crippen LogP contribution in [0.1, 0.15) is 28.7 Å². The number of carboxylic acid groups (broad SMARTS) is 1. The van der Waals surface area contributed by atoms with Gasteiger partial charge in [-0.25, -0.2) is 4.79 Å². The molecule has 94 valence electrons. The normalized spacial score (nSPS) is 10.6. The zero-order valence-corrected chi connectivity index (χ0v) is 10.6. The molecule has 0 aromatic carbocycles. The number of nitrogens with zero attached hydrogens (tertiary/aromatic N) is 3. The Morgan fingerprint density at radius 3 is 2.67 bits per heavy atom. The Morgan fingerprint density at radius 1 is 1.44 bits per heavy atom. The summed E-state index contributed by atoms with van der Waals surface area (Å²) < 4.78 is 1.57. The van der Waals surface area contributed by atoms with E-state index in [1.807, 2.05) is 19.9 Å². The first-order chi connectivity index (χ1) is 8.52. The fraction of sp³-hybridized carbons (Fsp3) is 0.308. The van der Waals surface area contributed by atoms with Crippen LogP contribution in [0.3, 0.4) is 0 Å². The lowest BCUT2D eigenvalue weighted by molar-refractivity contribution is 0.0689. The van der Waals surface area contributed by atoms with E-state index in [9.17, 15) is 4.79 Å². The quantitative estimate of drug-likeness (QED) is 0.898. The van der Waals surface area contributed by atoms with E-state index in [-0.39, 0.29) is 5.69 Å². The van der Waals surface area contributed by atoms with Crippen molar-refractivity contribution in [3.05, 3.63) is 35.3 Å². The summed E-state index contributed by atoms with van der Waals surface area (Å²) in [6.07, 6.45) is 2.66. The predicted molar refractivity (Wildman–Crippen MR) is 67.5 cm³/mol. The van der Waals surface area contributed by atoms with Gasteiger partial charge in [0.25, 0.3) is 0 Å². The van der Waals surface area contributed by atoms with E-state index < -0.39 is 5.97 Å². The van der Waals surface area contributed by atoms with Crippen LogP contribution in [0.15, 0.2) is 18.3 Å². The minimum absolute atomic E-state index is 0.0477. The second-order valence-corrected chi connectivity index (χ2v) is 4.19. The summed E-state index contributed by atoms with van der Waals surface area (Å²) in [5, 5.41) is 12.9. The molecule has 0 amide bonds. The molecule has 18 heavy (non-hydrogen) atoms. The maximum atomic E-state index is 10.9. The molecule has 2 aromatic heterocycles. The van der Waals surface area contributed by atoms with Gasteiger partial charge in [-0.15, -0.1) is 0 Å². The number of aromatic nitrogens is 3. The molecule has 0 saturated heterocycles. The molecule has 2 heterocycles. The fourth-order valence-electron chi connectivity index (χ4n) is 1.90. The number of hydrogen-bond acceptors (Lipinski definition) is 3.